The summed E-state index contributed by atoms with van der Waals surface area (Å²) >= 11 is 6.62. The van der Waals surface area contributed by atoms with Crippen LogP contribution in [0.2, 0.25) is 0 Å². The molecule has 2 saturated heterocycles. The fourth-order valence-corrected chi connectivity index (χ4v) is 5.49. The molecule has 1 atom stereocenters. The average molecular weight is 528 g/mol. The molecule has 0 spiro atoms. The molecule has 9 heteroatoms. The van der Waals surface area contributed by atoms with Crippen molar-refractivity contribution >= 4 is 51.9 Å². The smallest absolute Gasteiger partial charge is 0.266 e. The third-order valence-electron chi connectivity index (χ3n) is 6.22. The minimum absolute atomic E-state index is 0.0327. The Morgan fingerprint density at radius 3 is 2.56 bits per heavy atom. The highest BCUT2D eigenvalue weighted by atomic mass is 32.2. The SMILES string of the molecule is CN(C)c1ccc(CN(CC2CCCO2)C(=O)CCN2C(=O)/C(=C/c3ccc(F)cc3)SC2=S)cc1. The third kappa shape index (κ3) is 6.72. The van der Waals surface area contributed by atoms with Gasteiger partial charge in [0.05, 0.1) is 11.0 Å². The average Bonchev–Trinajstić information content (AvgIpc) is 3.46. The lowest BCUT2D eigenvalue weighted by Gasteiger charge is -2.27. The summed E-state index contributed by atoms with van der Waals surface area (Å²) in [5.74, 6) is -0.606. The zero-order chi connectivity index (χ0) is 25.7. The van der Waals surface area contributed by atoms with E-state index in [2.05, 4.69) is 0 Å². The summed E-state index contributed by atoms with van der Waals surface area (Å²) in [6.45, 7) is 1.94. The second-order valence-corrected chi connectivity index (χ2v) is 10.8. The van der Waals surface area contributed by atoms with E-state index in [1.54, 1.807) is 18.2 Å². The molecule has 2 aromatic rings. The Labute approximate surface area is 221 Å². The summed E-state index contributed by atoms with van der Waals surface area (Å²) in [7, 11) is 3.98. The van der Waals surface area contributed by atoms with Crippen LogP contribution in [0.5, 0.6) is 0 Å². The van der Waals surface area contributed by atoms with Crippen molar-refractivity contribution in [3.8, 4) is 0 Å². The number of carbonyl (C=O) groups is 2. The Balaban J connectivity index is 1.40. The molecule has 0 aromatic heterocycles. The normalized spacial score (nSPS) is 18.8. The lowest BCUT2D eigenvalue weighted by Crippen LogP contribution is -2.39. The minimum atomic E-state index is -0.334. The number of thiocarbonyl (C=S) groups is 1. The van der Waals surface area contributed by atoms with E-state index < -0.39 is 0 Å². The van der Waals surface area contributed by atoms with Gasteiger partial charge in [0.15, 0.2) is 0 Å². The molecule has 0 aliphatic carbocycles. The number of nitrogens with zero attached hydrogens (tertiary/aromatic N) is 3. The van der Waals surface area contributed by atoms with Gasteiger partial charge in [-0.25, -0.2) is 4.39 Å². The van der Waals surface area contributed by atoms with E-state index in [9.17, 15) is 14.0 Å². The first-order chi connectivity index (χ1) is 17.3. The monoisotopic (exact) mass is 527 g/mol. The lowest BCUT2D eigenvalue weighted by atomic mass is 10.1. The molecule has 2 aromatic carbocycles. The van der Waals surface area contributed by atoms with Crippen molar-refractivity contribution in [1.29, 1.82) is 0 Å². The van der Waals surface area contributed by atoms with Gasteiger partial charge in [-0.3, -0.25) is 14.5 Å². The van der Waals surface area contributed by atoms with Gasteiger partial charge in [-0.15, -0.1) is 0 Å². The number of ether oxygens (including phenoxy) is 1. The molecule has 0 bridgehead atoms. The van der Waals surface area contributed by atoms with Crippen molar-refractivity contribution in [2.45, 2.75) is 31.9 Å². The summed E-state index contributed by atoms with van der Waals surface area (Å²) in [6.07, 6.45) is 3.83. The predicted molar refractivity (Wildman–Crippen MR) is 146 cm³/mol. The number of carbonyl (C=O) groups excluding carboxylic acids is 2. The van der Waals surface area contributed by atoms with Crippen LogP contribution in [0, 0.1) is 5.82 Å². The van der Waals surface area contributed by atoms with Gasteiger partial charge in [-0.2, -0.15) is 0 Å². The number of amides is 2. The molecule has 0 radical (unpaired) electrons. The van der Waals surface area contributed by atoms with Gasteiger partial charge < -0.3 is 14.5 Å². The largest absolute Gasteiger partial charge is 0.378 e. The van der Waals surface area contributed by atoms with Crippen LogP contribution >= 0.6 is 24.0 Å². The Morgan fingerprint density at radius 2 is 1.92 bits per heavy atom. The molecule has 2 heterocycles. The van der Waals surface area contributed by atoms with E-state index in [1.165, 1.54) is 28.8 Å². The molecule has 4 rings (SSSR count). The summed E-state index contributed by atoms with van der Waals surface area (Å²) in [4.78, 5) is 32.1. The Hall–Kier alpha value is -2.75. The number of rotatable bonds is 9. The highest BCUT2D eigenvalue weighted by Crippen LogP contribution is 2.32. The van der Waals surface area contributed by atoms with Gasteiger partial charge in [0.25, 0.3) is 5.91 Å². The molecule has 2 aliphatic rings. The van der Waals surface area contributed by atoms with Crippen molar-refractivity contribution in [2.24, 2.45) is 0 Å². The number of hydrogen-bond acceptors (Lipinski definition) is 6. The first kappa shape index (κ1) is 26.3. The maximum absolute atomic E-state index is 13.3. The Kier molecular flexibility index (Phi) is 8.77. The van der Waals surface area contributed by atoms with Crippen molar-refractivity contribution in [3.05, 3.63) is 70.4 Å². The van der Waals surface area contributed by atoms with E-state index >= 15 is 0 Å². The van der Waals surface area contributed by atoms with Crippen LogP contribution in [0.4, 0.5) is 10.1 Å². The van der Waals surface area contributed by atoms with Crippen LogP contribution in [0.25, 0.3) is 6.08 Å². The summed E-state index contributed by atoms with van der Waals surface area (Å²) in [5.41, 5.74) is 2.86. The van der Waals surface area contributed by atoms with Gasteiger partial charge >= 0.3 is 0 Å². The number of anilines is 1. The zero-order valence-electron chi connectivity index (χ0n) is 20.5. The summed E-state index contributed by atoms with van der Waals surface area (Å²) in [6, 6.07) is 14.1. The zero-order valence-corrected chi connectivity index (χ0v) is 22.1. The van der Waals surface area contributed by atoms with Crippen LogP contribution < -0.4 is 4.90 Å². The predicted octanol–water partition coefficient (Wildman–Crippen LogP) is 4.69. The van der Waals surface area contributed by atoms with Crippen LogP contribution in [-0.4, -0.2) is 65.8 Å². The summed E-state index contributed by atoms with van der Waals surface area (Å²) < 4.78 is 19.4. The maximum atomic E-state index is 13.3. The van der Waals surface area contributed by atoms with Crippen LogP contribution in [0.1, 0.15) is 30.4 Å². The molecular formula is C27H30FN3O3S2. The van der Waals surface area contributed by atoms with Crippen LogP contribution in [0.15, 0.2) is 53.4 Å². The number of thioether (sulfide) groups is 1. The van der Waals surface area contributed by atoms with Gasteiger partial charge in [0.2, 0.25) is 5.91 Å². The number of halogens is 1. The quantitative estimate of drug-likeness (QED) is 0.348. The molecule has 2 aliphatic heterocycles. The second kappa shape index (κ2) is 12.0. The topological polar surface area (TPSA) is 53.1 Å². The summed E-state index contributed by atoms with van der Waals surface area (Å²) in [5, 5.41) is 0. The van der Waals surface area contributed by atoms with E-state index in [1.807, 2.05) is 48.2 Å². The van der Waals surface area contributed by atoms with Gasteiger partial charge in [-0.05, 0) is 54.3 Å². The van der Waals surface area contributed by atoms with Gasteiger partial charge in [0, 0.05) is 52.4 Å². The molecule has 0 saturated carbocycles. The van der Waals surface area contributed by atoms with E-state index in [0.29, 0.717) is 22.3 Å². The molecule has 36 heavy (non-hydrogen) atoms. The molecule has 0 N–H and O–H groups in total. The molecule has 1 unspecified atom stereocenters. The van der Waals surface area contributed by atoms with Gasteiger partial charge in [0.1, 0.15) is 10.1 Å². The second-order valence-electron chi connectivity index (χ2n) is 9.11. The van der Waals surface area contributed by atoms with Crippen LogP contribution in [0.3, 0.4) is 0 Å². The van der Waals surface area contributed by atoms with Crippen molar-refractivity contribution in [3.63, 3.8) is 0 Å². The van der Waals surface area contributed by atoms with E-state index in [-0.39, 0.29) is 36.7 Å². The highest BCUT2D eigenvalue weighted by molar-refractivity contribution is 8.26. The molecule has 6 nitrogen and oxygen atoms in total. The number of benzene rings is 2. The maximum Gasteiger partial charge on any atom is 0.266 e. The van der Waals surface area contributed by atoms with Crippen LogP contribution in [-0.2, 0) is 20.9 Å². The Morgan fingerprint density at radius 1 is 1.19 bits per heavy atom. The standard InChI is InChI=1S/C27H30FN3O3S2/c1-29(2)22-11-7-20(8-12-22)17-30(18-23-4-3-15-34-23)25(32)13-14-31-26(33)24(36-27(31)35)16-19-5-9-21(28)10-6-19/h5-12,16,23H,3-4,13-15,17-18H2,1-2H3/b24-16-. The van der Waals surface area contributed by atoms with Crippen molar-refractivity contribution in [2.75, 3.05) is 38.7 Å². The molecular weight excluding hydrogens is 497 g/mol. The number of hydrogen-bond donors (Lipinski definition) is 0. The highest BCUT2D eigenvalue weighted by Gasteiger charge is 2.33. The first-order valence-corrected chi connectivity index (χ1v) is 13.2. The van der Waals surface area contributed by atoms with Crippen molar-refractivity contribution < 1.29 is 18.7 Å². The van der Waals surface area contributed by atoms with E-state index in [4.69, 9.17) is 17.0 Å². The van der Waals surface area contributed by atoms with Crippen molar-refractivity contribution in [1.82, 2.24) is 9.80 Å². The lowest BCUT2D eigenvalue weighted by molar-refractivity contribution is -0.134. The molecule has 2 amide bonds. The molecule has 2 fully saturated rings. The Bertz CT molecular complexity index is 1130. The third-order valence-corrected chi connectivity index (χ3v) is 7.60. The fourth-order valence-electron chi connectivity index (χ4n) is 4.18. The first-order valence-electron chi connectivity index (χ1n) is 12.0. The van der Waals surface area contributed by atoms with E-state index in [0.717, 1.165) is 36.3 Å². The van der Waals surface area contributed by atoms with Gasteiger partial charge in [-0.1, -0.05) is 48.2 Å². The molecule has 190 valence electrons. The minimum Gasteiger partial charge on any atom is -0.378 e. The fraction of sp³-hybridized carbons (Fsp3) is 0.370.